The number of rotatable bonds is 4. The molecule has 1 amide bonds. The lowest BCUT2D eigenvalue weighted by Crippen LogP contribution is -2.40. The van der Waals surface area contributed by atoms with Gasteiger partial charge < -0.3 is 14.5 Å². The number of amides is 1. The van der Waals surface area contributed by atoms with E-state index in [0.29, 0.717) is 25.3 Å². The van der Waals surface area contributed by atoms with E-state index < -0.39 is 0 Å². The minimum atomic E-state index is -0.293. The van der Waals surface area contributed by atoms with E-state index in [2.05, 4.69) is 10.00 Å². The molecule has 5 rings (SSSR count). The monoisotopic (exact) mass is 450 g/mol. The smallest absolute Gasteiger partial charge is 0.219 e. The van der Waals surface area contributed by atoms with Crippen LogP contribution in [0.5, 0.6) is 5.75 Å². The largest absolute Gasteiger partial charge is 0.490 e. The van der Waals surface area contributed by atoms with Gasteiger partial charge in [-0.2, -0.15) is 5.10 Å². The molecular formula is C24H27FN6O2. The average Bonchev–Trinajstić information content (AvgIpc) is 3.24. The summed E-state index contributed by atoms with van der Waals surface area (Å²) in [5, 5.41) is 4.32. The molecule has 0 unspecified atom stereocenters. The van der Waals surface area contributed by atoms with Crippen LogP contribution < -0.4 is 9.64 Å². The van der Waals surface area contributed by atoms with E-state index in [-0.39, 0.29) is 17.8 Å². The standard InChI is InChI=1S/C24H27FN6O2/c1-16(32)31-11-8-21-22(15-31)27-23(17-13-26-29(2)14-17)24(28-21)30-9-6-19(7-10-30)33-20-5-3-4-18(25)12-20/h3-5,12-14,19H,6-11,15H2,1-2H3. The maximum Gasteiger partial charge on any atom is 0.219 e. The Labute approximate surface area is 192 Å². The van der Waals surface area contributed by atoms with E-state index in [1.165, 1.54) is 12.1 Å². The molecule has 1 fully saturated rings. The van der Waals surface area contributed by atoms with Crippen LogP contribution in [-0.4, -0.2) is 56.3 Å². The van der Waals surface area contributed by atoms with E-state index in [1.807, 2.05) is 13.2 Å². The van der Waals surface area contributed by atoms with E-state index in [1.54, 1.807) is 34.8 Å². The molecule has 0 saturated carbocycles. The van der Waals surface area contributed by atoms with Crippen LogP contribution in [0, 0.1) is 5.82 Å². The predicted octanol–water partition coefficient (Wildman–Crippen LogP) is 2.97. The van der Waals surface area contributed by atoms with Crippen molar-refractivity contribution < 1.29 is 13.9 Å². The number of aromatic nitrogens is 4. The zero-order valence-electron chi connectivity index (χ0n) is 18.9. The number of halogens is 1. The minimum absolute atomic E-state index is 0.0274. The predicted molar refractivity (Wildman–Crippen MR) is 121 cm³/mol. The molecule has 8 nitrogen and oxygen atoms in total. The quantitative estimate of drug-likeness (QED) is 0.608. The van der Waals surface area contributed by atoms with E-state index in [9.17, 15) is 9.18 Å². The molecule has 3 aromatic rings. The molecule has 2 aliphatic rings. The van der Waals surface area contributed by atoms with Crippen molar-refractivity contribution in [2.75, 3.05) is 24.5 Å². The third kappa shape index (κ3) is 4.53. The number of piperidine rings is 1. The summed E-state index contributed by atoms with van der Waals surface area (Å²) in [6.07, 6.45) is 6.07. The van der Waals surface area contributed by atoms with Gasteiger partial charge in [-0.15, -0.1) is 0 Å². The maximum atomic E-state index is 13.5. The summed E-state index contributed by atoms with van der Waals surface area (Å²) in [6.45, 7) is 4.26. The van der Waals surface area contributed by atoms with Crippen LogP contribution in [0.25, 0.3) is 11.3 Å². The molecule has 4 heterocycles. The van der Waals surface area contributed by atoms with Crippen molar-refractivity contribution in [2.24, 2.45) is 7.05 Å². The Bertz CT molecular complexity index is 1170. The van der Waals surface area contributed by atoms with E-state index in [4.69, 9.17) is 14.7 Å². The zero-order valence-corrected chi connectivity index (χ0v) is 18.9. The summed E-state index contributed by atoms with van der Waals surface area (Å²) in [5.74, 6) is 1.17. The topological polar surface area (TPSA) is 76.4 Å². The van der Waals surface area contributed by atoms with Gasteiger partial charge in [0.25, 0.3) is 0 Å². The fourth-order valence-electron chi connectivity index (χ4n) is 4.47. The molecule has 0 aliphatic carbocycles. The van der Waals surface area contributed by atoms with Gasteiger partial charge in [-0.05, 0) is 12.1 Å². The molecule has 0 atom stereocenters. The summed E-state index contributed by atoms with van der Waals surface area (Å²) in [5.41, 5.74) is 3.49. The Kier molecular flexibility index (Phi) is 5.70. The highest BCUT2D eigenvalue weighted by Crippen LogP contribution is 2.32. The lowest BCUT2D eigenvalue weighted by molar-refractivity contribution is -0.129. The molecular weight excluding hydrogens is 423 g/mol. The second-order valence-corrected chi connectivity index (χ2v) is 8.64. The first-order valence-electron chi connectivity index (χ1n) is 11.3. The first-order chi connectivity index (χ1) is 16.0. The summed E-state index contributed by atoms with van der Waals surface area (Å²) in [7, 11) is 1.88. The van der Waals surface area contributed by atoms with Gasteiger partial charge in [0.1, 0.15) is 23.4 Å². The maximum absolute atomic E-state index is 13.5. The molecule has 2 aliphatic heterocycles. The molecule has 0 N–H and O–H groups in total. The van der Waals surface area contributed by atoms with Crippen LogP contribution in [0.4, 0.5) is 10.2 Å². The molecule has 0 bridgehead atoms. The SMILES string of the molecule is CC(=O)N1CCc2nc(N3CCC(Oc4cccc(F)c4)CC3)c(-c3cnn(C)c3)nc2C1. The highest BCUT2D eigenvalue weighted by Gasteiger charge is 2.28. The van der Waals surface area contributed by atoms with Crippen molar-refractivity contribution in [2.45, 2.75) is 38.8 Å². The molecule has 1 aromatic carbocycles. The number of anilines is 1. The Morgan fingerprint density at radius 3 is 2.67 bits per heavy atom. The number of fused-ring (bicyclic) bond motifs is 1. The van der Waals surface area contributed by atoms with Crippen LogP contribution in [0.1, 0.15) is 31.2 Å². The number of carbonyl (C=O) groups is 1. The molecule has 0 radical (unpaired) electrons. The van der Waals surface area contributed by atoms with Gasteiger partial charge in [0.15, 0.2) is 5.82 Å². The molecule has 2 aromatic heterocycles. The van der Waals surface area contributed by atoms with Crippen molar-refractivity contribution in [1.29, 1.82) is 0 Å². The number of ether oxygens (including phenoxy) is 1. The number of hydrogen-bond acceptors (Lipinski definition) is 6. The van der Waals surface area contributed by atoms with Crippen molar-refractivity contribution in [3.8, 4) is 17.0 Å². The Balaban J connectivity index is 1.39. The van der Waals surface area contributed by atoms with Gasteiger partial charge in [0.05, 0.1) is 24.1 Å². The van der Waals surface area contributed by atoms with Crippen molar-refractivity contribution in [3.05, 3.63) is 53.9 Å². The van der Waals surface area contributed by atoms with Crippen LogP contribution in [0.15, 0.2) is 36.7 Å². The fraction of sp³-hybridized carbons (Fsp3) is 0.417. The number of carbonyl (C=O) groups excluding carboxylic acids is 1. The Morgan fingerprint density at radius 1 is 1.15 bits per heavy atom. The van der Waals surface area contributed by atoms with Gasteiger partial charge in [-0.3, -0.25) is 9.48 Å². The zero-order chi connectivity index (χ0) is 22.9. The third-order valence-electron chi connectivity index (χ3n) is 6.26. The van der Waals surface area contributed by atoms with Crippen LogP contribution in [0.2, 0.25) is 0 Å². The number of hydrogen-bond donors (Lipinski definition) is 0. The van der Waals surface area contributed by atoms with E-state index in [0.717, 1.165) is 54.4 Å². The Hall–Kier alpha value is -3.49. The van der Waals surface area contributed by atoms with Crippen molar-refractivity contribution >= 4 is 11.7 Å². The van der Waals surface area contributed by atoms with Gasteiger partial charge >= 0.3 is 0 Å². The lowest BCUT2D eigenvalue weighted by atomic mass is 10.1. The van der Waals surface area contributed by atoms with Crippen LogP contribution in [-0.2, 0) is 24.8 Å². The first kappa shape index (κ1) is 21.4. The average molecular weight is 451 g/mol. The minimum Gasteiger partial charge on any atom is -0.490 e. The summed E-state index contributed by atoms with van der Waals surface area (Å²) in [6, 6.07) is 6.29. The summed E-state index contributed by atoms with van der Waals surface area (Å²) in [4.78, 5) is 25.9. The molecule has 1 saturated heterocycles. The van der Waals surface area contributed by atoms with Crippen LogP contribution >= 0.6 is 0 Å². The molecule has 0 spiro atoms. The number of aryl methyl sites for hydroxylation is 1. The number of nitrogens with zero attached hydrogens (tertiary/aromatic N) is 6. The summed E-state index contributed by atoms with van der Waals surface area (Å²) >= 11 is 0. The highest BCUT2D eigenvalue weighted by molar-refractivity contribution is 5.74. The first-order valence-corrected chi connectivity index (χ1v) is 11.3. The molecule has 172 valence electrons. The molecule has 9 heteroatoms. The number of benzene rings is 1. The van der Waals surface area contributed by atoms with Crippen LogP contribution in [0.3, 0.4) is 0 Å². The highest BCUT2D eigenvalue weighted by atomic mass is 19.1. The van der Waals surface area contributed by atoms with Gasteiger partial charge in [-0.1, -0.05) is 6.07 Å². The second kappa shape index (κ2) is 8.80. The summed E-state index contributed by atoms with van der Waals surface area (Å²) < 4.78 is 21.2. The second-order valence-electron chi connectivity index (χ2n) is 8.64. The van der Waals surface area contributed by atoms with Crippen molar-refractivity contribution in [3.63, 3.8) is 0 Å². The van der Waals surface area contributed by atoms with E-state index >= 15 is 0 Å². The van der Waals surface area contributed by atoms with Gasteiger partial charge in [0, 0.05) is 70.7 Å². The Morgan fingerprint density at radius 2 is 1.97 bits per heavy atom. The molecule has 33 heavy (non-hydrogen) atoms. The van der Waals surface area contributed by atoms with Gasteiger partial charge in [-0.25, -0.2) is 14.4 Å². The van der Waals surface area contributed by atoms with Gasteiger partial charge in [0.2, 0.25) is 5.91 Å². The lowest BCUT2D eigenvalue weighted by Gasteiger charge is -2.35. The fourth-order valence-corrected chi connectivity index (χ4v) is 4.47. The normalized spacial score (nSPS) is 16.6. The van der Waals surface area contributed by atoms with Crippen molar-refractivity contribution in [1.82, 2.24) is 24.6 Å². The third-order valence-corrected chi connectivity index (χ3v) is 6.26.